The van der Waals surface area contributed by atoms with E-state index in [1.807, 2.05) is 0 Å². The minimum atomic E-state index is -1.06. The maximum Gasteiger partial charge on any atom is 0.335 e. The zero-order valence-electron chi connectivity index (χ0n) is 13.0. The number of aliphatic carboxylic acids is 2. The van der Waals surface area contributed by atoms with Gasteiger partial charge in [-0.25, -0.2) is 9.59 Å². The summed E-state index contributed by atoms with van der Waals surface area (Å²) in [5.41, 5.74) is 0.167. The molecule has 132 valence electrons. The highest BCUT2D eigenvalue weighted by Gasteiger charge is 2.04. The lowest BCUT2D eigenvalue weighted by atomic mass is 10.1. The van der Waals surface area contributed by atoms with Gasteiger partial charge >= 0.3 is 23.9 Å². The zero-order valence-corrected chi connectivity index (χ0v) is 13.0. The van der Waals surface area contributed by atoms with E-state index in [4.69, 9.17) is 20.4 Å². The van der Waals surface area contributed by atoms with Crippen molar-refractivity contribution in [1.29, 1.82) is 0 Å². The first-order valence-electron chi connectivity index (χ1n) is 7.24. The number of benzene rings is 1. The summed E-state index contributed by atoms with van der Waals surface area (Å²) in [5, 5.41) is 33.5. The summed E-state index contributed by atoms with van der Waals surface area (Å²) in [5.74, 6) is -3.69. The first kappa shape index (κ1) is 21.1. The highest BCUT2D eigenvalue weighted by molar-refractivity contribution is 5.91. The molecule has 4 N–H and O–H groups in total. The number of hydrogen-bond donors (Lipinski definition) is 4. The van der Waals surface area contributed by atoms with Gasteiger partial charge in [-0.05, 0) is 37.1 Å². The molecule has 0 aromatic heterocycles. The Hall–Kier alpha value is -2.90. The van der Waals surface area contributed by atoms with Crippen LogP contribution in [-0.4, -0.2) is 44.3 Å². The first-order valence-corrected chi connectivity index (χ1v) is 7.24. The summed E-state index contributed by atoms with van der Waals surface area (Å²) in [6.07, 6.45) is 3.28. The predicted molar refractivity (Wildman–Crippen MR) is 83.3 cm³/mol. The SMILES string of the molecule is O=C(O)CCCCCCC(=O)O.O=C(O)c1ccc(C(=O)O)cc1. The summed E-state index contributed by atoms with van der Waals surface area (Å²) in [7, 11) is 0. The maximum absolute atomic E-state index is 10.3. The largest absolute Gasteiger partial charge is 0.481 e. The molecule has 8 heteroatoms. The second-order valence-corrected chi connectivity index (χ2v) is 4.89. The van der Waals surface area contributed by atoms with Crippen molar-refractivity contribution in [2.75, 3.05) is 0 Å². The molecule has 0 bridgehead atoms. The summed E-state index contributed by atoms with van der Waals surface area (Å²) < 4.78 is 0. The lowest BCUT2D eigenvalue weighted by Crippen LogP contribution is -1.99. The number of hydrogen-bond acceptors (Lipinski definition) is 4. The number of carbonyl (C=O) groups is 4. The van der Waals surface area contributed by atoms with Crippen molar-refractivity contribution in [3.05, 3.63) is 35.4 Å². The van der Waals surface area contributed by atoms with Gasteiger partial charge < -0.3 is 20.4 Å². The maximum atomic E-state index is 10.3. The normalized spacial score (nSPS) is 9.50. The molecule has 1 aromatic rings. The molecule has 0 fully saturated rings. The van der Waals surface area contributed by atoms with Crippen LogP contribution in [0, 0.1) is 0 Å². The molecule has 0 amide bonds. The molecule has 0 unspecified atom stereocenters. The van der Waals surface area contributed by atoms with Crippen LogP contribution in [0.2, 0.25) is 0 Å². The van der Waals surface area contributed by atoms with Crippen molar-refractivity contribution in [3.63, 3.8) is 0 Å². The Labute approximate surface area is 138 Å². The molecule has 0 saturated heterocycles. The lowest BCUT2D eigenvalue weighted by molar-refractivity contribution is -0.138. The molecule has 0 heterocycles. The Kier molecular flexibility index (Phi) is 10.2. The van der Waals surface area contributed by atoms with Gasteiger partial charge in [-0.1, -0.05) is 12.8 Å². The molecule has 0 spiro atoms. The number of rotatable bonds is 9. The van der Waals surface area contributed by atoms with Crippen LogP contribution < -0.4 is 0 Å². The van der Waals surface area contributed by atoms with Crippen LogP contribution in [0.1, 0.15) is 59.2 Å². The van der Waals surface area contributed by atoms with Crippen molar-refractivity contribution in [1.82, 2.24) is 0 Å². The molecular formula is C16H20O8. The second-order valence-electron chi connectivity index (χ2n) is 4.89. The van der Waals surface area contributed by atoms with E-state index in [1.54, 1.807) is 0 Å². The molecule has 0 aliphatic carbocycles. The number of carboxylic acid groups (broad SMARTS) is 4. The minimum Gasteiger partial charge on any atom is -0.481 e. The number of unbranched alkanes of at least 4 members (excludes halogenated alkanes) is 3. The third-order valence-corrected chi connectivity index (χ3v) is 2.91. The first-order chi connectivity index (χ1) is 11.2. The van der Waals surface area contributed by atoms with E-state index >= 15 is 0 Å². The van der Waals surface area contributed by atoms with Crippen molar-refractivity contribution in [2.24, 2.45) is 0 Å². The Morgan fingerprint density at radius 2 is 0.875 bits per heavy atom. The molecule has 1 aromatic carbocycles. The standard InChI is InChI=1S/C8H6O4.C8H14O4/c9-7(10)5-1-2-6(4-3-5)8(11)12;9-7(10)5-3-1-2-4-6-8(11)12/h1-4H,(H,9,10)(H,11,12);1-6H2,(H,9,10)(H,11,12). The Balaban J connectivity index is 0.000000441. The average Bonchev–Trinajstić information content (AvgIpc) is 2.51. The topological polar surface area (TPSA) is 149 Å². The minimum absolute atomic E-state index is 0.0833. The molecular weight excluding hydrogens is 320 g/mol. The van der Waals surface area contributed by atoms with Gasteiger partial charge in [0.2, 0.25) is 0 Å². The van der Waals surface area contributed by atoms with Gasteiger partial charge in [-0.15, -0.1) is 0 Å². The number of aromatic carboxylic acids is 2. The monoisotopic (exact) mass is 340 g/mol. The quantitative estimate of drug-likeness (QED) is 0.501. The highest BCUT2D eigenvalue weighted by Crippen LogP contribution is 2.05. The Morgan fingerprint density at radius 1 is 0.583 bits per heavy atom. The van der Waals surface area contributed by atoms with Crippen LogP contribution in [0.15, 0.2) is 24.3 Å². The lowest BCUT2D eigenvalue weighted by Gasteiger charge is -1.96. The third kappa shape index (κ3) is 10.8. The van der Waals surface area contributed by atoms with Crippen LogP contribution in [0.5, 0.6) is 0 Å². The molecule has 0 saturated carbocycles. The molecule has 1 rings (SSSR count). The van der Waals surface area contributed by atoms with Crippen molar-refractivity contribution < 1.29 is 39.6 Å². The van der Waals surface area contributed by atoms with E-state index < -0.39 is 23.9 Å². The molecule has 0 atom stereocenters. The molecule has 0 aliphatic rings. The van der Waals surface area contributed by atoms with E-state index in [1.165, 1.54) is 24.3 Å². The van der Waals surface area contributed by atoms with Crippen molar-refractivity contribution in [2.45, 2.75) is 38.5 Å². The van der Waals surface area contributed by atoms with Gasteiger partial charge in [-0.3, -0.25) is 9.59 Å². The van der Waals surface area contributed by atoms with E-state index in [2.05, 4.69) is 0 Å². The van der Waals surface area contributed by atoms with E-state index in [0.717, 1.165) is 12.8 Å². The van der Waals surface area contributed by atoms with Gasteiger partial charge in [-0.2, -0.15) is 0 Å². The second kappa shape index (κ2) is 11.6. The van der Waals surface area contributed by atoms with E-state index in [9.17, 15) is 19.2 Å². The Bertz CT molecular complexity index is 511. The van der Waals surface area contributed by atoms with Gasteiger partial charge in [0.1, 0.15) is 0 Å². The molecule has 0 aliphatic heterocycles. The third-order valence-electron chi connectivity index (χ3n) is 2.91. The Morgan fingerprint density at radius 3 is 1.08 bits per heavy atom. The smallest absolute Gasteiger partial charge is 0.335 e. The van der Waals surface area contributed by atoms with Gasteiger partial charge in [0.25, 0.3) is 0 Å². The van der Waals surface area contributed by atoms with E-state index in [-0.39, 0.29) is 24.0 Å². The summed E-state index contributed by atoms with van der Waals surface area (Å²) >= 11 is 0. The molecule has 0 radical (unpaired) electrons. The average molecular weight is 340 g/mol. The highest BCUT2D eigenvalue weighted by atomic mass is 16.4. The summed E-state index contributed by atoms with van der Waals surface area (Å²) in [4.78, 5) is 40.8. The van der Waals surface area contributed by atoms with Crippen molar-refractivity contribution >= 4 is 23.9 Å². The van der Waals surface area contributed by atoms with Crippen molar-refractivity contribution in [3.8, 4) is 0 Å². The van der Waals surface area contributed by atoms with Gasteiger partial charge in [0.15, 0.2) is 0 Å². The summed E-state index contributed by atoms with van der Waals surface area (Å²) in [6, 6.07) is 5.02. The fourth-order valence-corrected chi connectivity index (χ4v) is 1.66. The van der Waals surface area contributed by atoms with Crippen LogP contribution in [-0.2, 0) is 9.59 Å². The van der Waals surface area contributed by atoms with E-state index in [0.29, 0.717) is 12.8 Å². The number of carboxylic acids is 4. The van der Waals surface area contributed by atoms with Crippen LogP contribution in [0.3, 0.4) is 0 Å². The predicted octanol–water partition coefficient (Wildman–Crippen LogP) is 2.58. The fraction of sp³-hybridized carbons (Fsp3) is 0.375. The van der Waals surface area contributed by atoms with Crippen LogP contribution >= 0.6 is 0 Å². The molecule has 8 nitrogen and oxygen atoms in total. The van der Waals surface area contributed by atoms with Crippen LogP contribution in [0.4, 0.5) is 0 Å². The fourth-order valence-electron chi connectivity index (χ4n) is 1.66. The van der Waals surface area contributed by atoms with Gasteiger partial charge in [0, 0.05) is 12.8 Å². The zero-order chi connectivity index (χ0) is 18.5. The summed E-state index contributed by atoms with van der Waals surface area (Å²) in [6.45, 7) is 0. The van der Waals surface area contributed by atoms with Gasteiger partial charge in [0.05, 0.1) is 11.1 Å². The van der Waals surface area contributed by atoms with Crippen LogP contribution in [0.25, 0.3) is 0 Å². The molecule has 24 heavy (non-hydrogen) atoms.